The Morgan fingerprint density at radius 3 is 2.65 bits per heavy atom. The fourth-order valence-corrected chi connectivity index (χ4v) is 5.44. The van der Waals surface area contributed by atoms with Crippen LogP contribution in [-0.4, -0.2) is 37.6 Å². The normalized spacial score (nSPS) is 35.8. The van der Waals surface area contributed by atoms with Gasteiger partial charge in [0.2, 0.25) is 5.91 Å². The Balaban J connectivity index is 1.63. The Morgan fingerprint density at radius 2 is 1.90 bits per heavy atom. The van der Waals surface area contributed by atoms with Gasteiger partial charge in [0, 0.05) is 30.3 Å². The van der Waals surface area contributed by atoms with E-state index in [2.05, 4.69) is 4.90 Å². The number of hydrogen-bond donors (Lipinski definition) is 0. The monoisotopic (exact) mass is 297 g/mol. The molecule has 0 radical (unpaired) electrons. The number of carbonyl (C=O) groups is 1. The zero-order chi connectivity index (χ0) is 14.2. The third kappa shape index (κ3) is 2.92. The van der Waals surface area contributed by atoms with Gasteiger partial charge in [-0.2, -0.15) is 0 Å². The third-order valence-electron chi connectivity index (χ3n) is 5.00. The topological polar surface area (TPSA) is 54.5 Å². The minimum atomic E-state index is -3.05. The van der Waals surface area contributed by atoms with Gasteiger partial charge in [-0.25, -0.2) is 8.42 Å². The summed E-state index contributed by atoms with van der Waals surface area (Å²) in [5, 5.41) is 1.27. The molecular formula is C15H23NO3S. The molecule has 3 rings (SSSR count). The Hall–Kier alpha value is -0.840. The van der Waals surface area contributed by atoms with E-state index in [0.29, 0.717) is 18.4 Å². The van der Waals surface area contributed by atoms with E-state index < -0.39 is 9.84 Å². The van der Waals surface area contributed by atoms with Gasteiger partial charge >= 0.3 is 0 Å². The lowest BCUT2D eigenvalue weighted by Gasteiger charge is -2.44. The van der Waals surface area contributed by atoms with Crippen LogP contribution in [0.1, 0.15) is 44.9 Å². The second-order valence-corrected chi connectivity index (χ2v) is 8.39. The fraction of sp³-hybridized carbons (Fsp3) is 0.800. The van der Waals surface area contributed by atoms with Crippen LogP contribution in [0.25, 0.3) is 0 Å². The van der Waals surface area contributed by atoms with Crippen molar-refractivity contribution in [3.05, 3.63) is 11.5 Å². The van der Waals surface area contributed by atoms with Crippen molar-refractivity contribution in [3.63, 3.8) is 0 Å². The molecular weight excluding hydrogens is 274 g/mol. The molecule has 5 heteroatoms. The van der Waals surface area contributed by atoms with Crippen molar-refractivity contribution in [1.29, 1.82) is 0 Å². The van der Waals surface area contributed by atoms with Crippen LogP contribution in [0.4, 0.5) is 0 Å². The molecule has 1 aliphatic carbocycles. The molecule has 2 fully saturated rings. The van der Waals surface area contributed by atoms with E-state index >= 15 is 0 Å². The van der Waals surface area contributed by atoms with E-state index in [4.69, 9.17) is 0 Å². The van der Waals surface area contributed by atoms with Gasteiger partial charge in [-0.1, -0.05) is 18.9 Å². The van der Waals surface area contributed by atoms with Crippen molar-refractivity contribution >= 4 is 15.7 Å². The lowest BCUT2D eigenvalue weighted by molar-refractivity contribution is -0.138. The number of hydrogen-bond acceptors (Lipinski definition) is 3. The quantitative estimate of drug-likeness (QED) is 0.784. The summed E-state index contributed by atoms with van der Waals surface area (Å²) in [5.74, 6) is 0.842. The molecule has 1 saturated heterocycles. The fourth-order valence-electron chi connectivity index (χ4n) is 4.04. The second kappa shape index (κ2) is 5.51. The number of piperidine rings is 1. The molecule has 3 atom stereocenters. The number of nitrogens with zero attached hydrogens (tertiary/aromatic N) is 1. The molecule has 0 spiro atoms. The number of sulfone groups is 1. The minimum Gasteiger partial charge on any atom is -0.339 e. The first kappa shape index (κ1) is 14.1. The average Bonchev–Trinajstić information content (AvgIpc) is 2.77. The van der Waals surface area contributed by atoms with Crippen LogP contribution in [0.3, 0.4) is 0 Å². The number of fused-ring (bicyclic) bond motifs is 1. The van der Waals surface area contributed by atoms with Crippen molar-refractivity contribution in [3.8, 4) is 0 Å². The maximum absolute atomic E-state index is 12.5. The molecule has 112 valence electrons. The molecule has 3 aliphatic rings. The number of likely N-dealkylation sites (tertiary alicyclic amines) is 1. The SMILES string of the molecule is O=C(CC1C=CS(=O)(=O)C1)N1CCCC2CCCCC21. The summed E-state index contributed by atoms with van der Waals surface area (Å²) in [7, 11) is -3.05. The Bertz CT molecular complexity index is 509. The molecule has 0 aromatic rings. The smallest absolute Gasteiger partial charge is 0.223 e. The highest BCUT2D eigenvalue weighted by Crippen LogP contribution is 2.36. The summed E-state index contributed by atoms with van der Waals surface area (Å²) in [6, 6.07) is 0.423. The predicted octanol–water partition coefficient (Wildman–Crippen LogP) is 2.12. The number of amides is 1. The molecule has 1 amide bonds. The molecule has 20 heavy (non-hydrogen) atoms. The Labute approximate surface area is 121 Å². The van der Waals surface area contributed by atoms with E-state index in [-0.39, 0.29) is 17.6 Å². The van der Waals surface area contributed by atoms with Crippen molar-refractivity contribution in [2.45, 2.75) is 51.0 Å². The van der Waals surface area contributed by atoms with E-state index in [1.54, 1.807) is 6.08 Å². The maximum Gasteiger partial charge on any atom is 0.223 e. The molecule has 1 saturated carbocycles. The van der Waals surface area contributed by atoms with Crippen LogP contribution < -0.4 is 0 Å². The third-order valence-corrected chi connectivity index (χ3v) is 6.47. The summed E-state index contributed by atoms with van der Waals surface area (Å²) in [6.07, 6.45) is 9.32. The van der Waals surface area contributed by atoms with Gasteiger partial charge in [0.1, 0.15) is 0 Å². The summed E-state index contributed by atoms with van der Waals surface area (Å²) in [5.41, 5.74) is 0. The lowest BCUT2D eigenvalue weighted by atomic mass is 9.78. The number of allylic oxidation sites excluding steroid dienone is 1. The van der Waals surface area contributed by atoms with Crippen molar-refractivity contribution < 1.29 is 13.2 Å². The number of rotatable bonds is 2. The molecule has 4 nitrogen and oxygen atoms in total. The maximum atomic E-state index is 12.5. The highest BCUT2D eigenvalue weighted by molar-refractivity contribution is 7.94. The molecule has 0 N–H and O–H groups in total. The lowest BCUT2D eigenvalue weighted by Crippen LogP contribution is -2.50. The van der Waals surface area contributed by atoms with Gasteiger partial charge in [0.25, 0.3) is 0 Å². The van der Waals surface area contributed by atoms with Crippen molar-refractivity contribution in [2.75, 3.05) is 12.3 Å². The van der Waals surface area contributed by atoms with Gasteiger partial charge in [-0.05, 0) is 31.6 Å². The van der Waals surface area contributed by atoms with Crippen molar-refractivity contribution in [1.82, 2.24) is 4.90 Å². The first-order valence-electron chi connectivity index (χ1n) is 7.75. The first-order chi connectivity index (χ1) is 9.55. The Kier molecular flexibility index (Phi) is 3.89. The molecule has 0 aromatic carbocycles. The summed E-state index contributed by atoms with van der Waals surface area (Å²) in [4.78, 5) is 14.6. The van der Waals surface area contributed by atoms with Crippen molar-refractivity contribution in [2.24, 2.45) is 11.8 Å². The molecule has 2 aliphatic heterocycles. The summed E-state index contributed by atoms with van der Waals surface area (Å²) < 4.78 is 22.8. The molecule has 0 aromatic heterocycles. The van der Waals surface area contributed by atoms with Crippen LogP contribution in [0.5, 0.6) is 0 Å². The molecule has 3 unspecified atom stereocenters. The van der Waals surface area contributed by atoms with Crippen LogP contribution in [0.15, 0.2) is 11.5 Å². The Morgan fingerprint density at radius 1 is 1.15 bits per heavy atom. The van der Waals surface area contributed by atoms with Gasteiger partial charge < -0.3 is 4.90 Å². The minimum absolute atomic E-state index is 0.112. The van der Waals surface area contributed by atoms with E-state index in [1.807, 2.05) is 0 Å². The average molecular weight is 297 g/mol. The second-order valence-electron chi connectivity index (χ2n) is 6.46. The van der Waals surface area contributed by atoms with Gasteiger partial charge in [0.15, 0.2) is 9.84 Å². The van der Waals surface area contributed by atoms with E-state index in [1.165, 1.54) is 31.1 Å². The van der Waals surface area contributed by atoms with Gasteiger partial charge in [0.05, 0.1) is 5.75 Å². The van der Waals surface area contributed by atoms with Gasteiger partial charge in [-0.3, -0.25) is 4.79 Å². The van der Waals surface area contributed by atoms with E-state index in [9.17, 15) is 13.2 Å². The van der Waals surface area contributed by atoms with Crippen LogP contribution in [0, 0.1) is 11.8 Å². The molecule has 0 bridgehead atoms. The first-order valence-corrected chi connectivity index (χ1v) is 9.47. The zero-order valence-corrected chi connectivity index (χ0v) is 12.6. The highest BCUT2D eigenvalue weighted by Gasteiger charge is 2.36. The summed E-state index contributed by atoms with van der Waals surface area (Å²) in [6.45, 7) is 0.864. The van der Waals surface area contributed by atoms with Crippen LogP contribution in [-0.2, 0) is 14.6 Å². The van der Waals surface area contributed by atoms with Gasteiger partial charge in [-0.15, -0.1) is 0 Å². The standard InChI is InChI=1S/C15H23NO3S/c17-15(10-12-7-9-20(18,19)11-12)16-8-3-5-13-4-1-2-6-14(13)16/h7,9,12-14H,1-6,8,10-11H2. The summed E-state index contributed by atoms with van der Waals surface area (Å²) >= 11 is 0. The largest absolute Gasteiger partial charge is 0.339 e. The van der Waals surface area contributed by atoms with Crippen LogP contribution >= 0.6 is 0 Å². The predicted molar refractivity (Wildman–Crippen MR) is 77.7 cm³/mol. The zero-order valence-electron chi connectivity index (χ0n) is 11.8. The number of carbonyl (C=O) groups excluding carboxylic acids is 1. The van der Waals surface area contributed by atoms with E-state index in [0.717, 1.165) is 19.4 Å². The highest BCUT2D eigenvalue weighted by atomic mass is 32.2. The van der Waals surface area contributed by atoms with Crippen LogP contribution in [0.2, 0.25) is 0 Å². The molecule has 2 heterocycles.